The van der Waals surface area contributed by atoms with Crippen LogP contribution in [0.3, 0.4) is 0 Å². The molecule has 88 valence electrons. The van der Waals surface area contributed by atoms with E-state index >= 15 is 0 Å². The lowest BCUT2D eigenvalue weighted by atomic mass is 10.1. The fourth-order valence-corrected chi connectivity index (χ4v) is 1.50. The van der Waals surface area contributed by atoms with Gasteiger partial charge in [-0.15, -0.1) is 5.10 Å². The zero-order valence-corrected chi connectivity index (χ0v) is 9.09. The number of nitrogens with zero attached hydrogens (tertiary/aromatic N) is 3. The highest BCUT2D eigenvalue weighted by molar-refractivity contribution is 5.92. The fourth-order valence-electron chi connectivity index (χ4n) is 1.50. The summed E-state index contributed by atoms with van der Waals surface area (Å²) in [4.78, 5) is 14.8. The summed E-state index contributed by atoms with van der Waals surface area (Å²) >= 11 is 0. The van der Waals surface area contributed by atoms with Crippen LogP contribution >= 0.6 is 0 Å². The summed E-state index contributed by atoms with van der Waals surface area (Å²) in [5.74, 6) is -1.03. The van der Waals surface area contributed by atoms with Crippen LogP contribution in [0.25, 0.3) is 5.69 Å². The van der Waals surface area contributed by atoms with E-state index in [0.29, 0.717) is 5.69 Å². The fraction of sp³-hybridized carbons (Fsp3) is 0.182. The van der Waals surface area contributed by atoms with Crippen LogP contribution in [0.15, 0.2) is 24.5 Å². The molecule has 0 fully saturated rings. The largest absolute Gasteiger partial charge is 0.478 e. The molecule has 17 heavy (non-hydrogen) atoms. The zero-order chi connectivity index (χ0) is 12.4. The van der Waals surface area contributed by atoms with Crippen molar-refractivity contribution in [3.05, 3.63) is 41.5 Å². The maximum atomic E-state index is 12.3. The van der Waals surface area contributed by atoms with Crippen LogP contribution in [0.5, 0.6) is 0 Å². The van der Waals surface area contributed by atoms with Crippen LogP contribution < -0.4 is 0 Å². The quantitative estimate of drug-likeness (QED) is 0.879. The maximum absolute atomic E-state index is 12.3. The van der Waals surface area contributed by atoms with Gasteiger partial charge in [-0.2, -0.15) is 0 Å². The van der Waals surface area contributed by atoms with Crippen LogP contribution in [0.4, 0.5) is 4.39 Å². The highest BCUT2D eigenvalue weighted by atomic mass is 19.1. The minimum absolute atomic E-state index is 0.0295. The van der Waals surface area contributed by atoms with Gasteiger partial charge in [-0.05, 0) is 19.1 Å². The minimum atomic E-state index is -1.05. The second-order valence-electron chi connectivity index (χ2n) is 3.56. The van der Waals surface area contributed by atoms with E-state index in [0.717, 1.165) is 5.56 Å². The van der Waals surface area contributed by atoms with Crippen LogP contribution in [0.2, 0.25) is 0 Å². The highest BCUT2D eigenvalue weighted by Crippen LogP contribution is 2.15. The van der Waals surface area contributed by atoms with Crippen LogP contribution in [0.1, 0.15) is 21.7 Å². The van der Waals surface area contributed by atoms with Crippen molar-refractivity contribution in [1.82, 2.24) is 14.8 Å². The predicted molar refractivity (Wildman–Crippen MR) is 57.9 cm³/mol. The summed E-state index contributed by atoms with van der Waals surface area (Å²) < 4.78 is 13.6. The predicted octanol–water partition coefficient (Wildman–Crippen LogP) is 1.74. The van der Waals surface area contributed by atoms with E-state index in [-0.39, 0.29) is 11.4 Å². The van der Waals surface area contributed by atoms with Gasteiger partial charge in [0.1, 0.15) is 6.33 Å². The minimum Gasteiger partial charge on any atom is -0.478 e. The van der Waals surface area contributed by atoms with E-state index in [4.69, 9.17) is 5.11 Å². The number of rotatable bonds is 3. The van der Waals surface area contributed by atoms with Crippen molar-refractivity contribution in [3.63, 3.8) is 0 Å². The molecule has 0 amide bonds. The van der Waals surface area contributed by atoms with Gasteiger partial charge in [0.05, 0.1) is 11.3 Å². The Morgan fingerprint density at radius 2 is 2.29 bits per heavy atom. The second-order valence-corrected chi connectivity index (χ2v) is 3.56. The summed E-state index contributed by atoms with van der Waals surface area (Å²) in [5, 5.41) is 12.9. The summed E-state index contributed by atoms with van der Waals surface area (Å²) in [7, 11) is 0. The number of aromatic nitrogens is 3. The molecule has 0 spiro atoms. The number of aryl methyl sites for hydroxylation is 1. The molecule has 0 saturated carbocycles. The third kappa shape index (κ3) is 2.15. The van der Waals surface area contributed by atoms with Crippen molar-refractivity contribution in [2.24, 2.45) is 0 Å². The van der Waals surface area contributed by atoms with Crippen LogP contribution in [-0.4, -0.2) is 25.8 Å². The molecule has 0 radical (unpaired) electrons. The number of benzene rings is 1. The number of aromatic carboxylic acids is 1. The Morgan fingerprint density at radius 3 is 2.88 bits per heavy atom. The van der Waals surface area contributed by atoms with Gasteiger partial charge < -0.3 is 5.11 Å². The summed E-state index contributed by atoms with van der Waals surface area (Å²) in [5.41, 5.74) is 1.31. The lowest BCUT2D eigenvalue weighted by Gasteiger charge is -2.06. The van der Waals surface area contributed by atoms with E-state index < -0.39 is 12.6 Å². The normalized spacial score (nSPS) is 10.5. The third-order valence-corrected chi connectivity index (χ3v) is 2.29. The molecule has 0 saturated heterocycles. The van der Waals surface area contributed by atoms with Gasteiger partial charge in [0.25, 0.3) is 0 Å². The molecule has 0 aliphatic carbocycles. The highest BCUT2D eigenvalue weighted by Gasteiger charge is 2.13. The third-order valence-electron chi connectivity index (χ3n) is 2.29. The molecular formula is C11H10FN3O2. The topological polar surface area (TPSA) is 68.0 Å². The van der Waals surface area contributed by atoms with Crippen molar-refractivity contribution < 1.29 is 14.3 Å². The van der Waals surface area contributed by atoms with Crippen molar-refractivity contribution in [2.75, 3.05) is 0 Å². The Labute approximate surface area is 96.5 Å². The molecule has 2 aromatic rings. The Morgan fingerprint density at radius 1 is 1.53 bits per heavy atom. The first-order valence-corrected chi connectivity index (χ1v) is 4.92. The van der Waals surface area contributed by atoms with E-state index in [1.165, 1.54) is 17.1 Å². The number of hydrogen-bond donors (Lipinski definition) is 1. The zero-order valence-electron chi connectivity index (χ0n) is 9.09. The number of halogens is 1. The number of hydrogen-bond acceptors (Lipinski definition) is 3. The van der Waals surface area contributed by atoms with Gasteiger partial charge in [-0.25, -0.2) is 18.9 Å². The number of carboxylic acids is 1. The number of alkyl halides is 1. The average molecular weight is 235 g/mol. The van der Waals surface area contributed by atoms with Crippen LogP contribution in [-0.2, 0) is 6.67 Å². The molecule has 0 atom stereocenters. The maximum Gasteiger partial charge on any atom is 0.337 e. The molecular weight excluding hydrogens is 225 g/mol. The van der Waals surface area contributed by atoms with E-state index in [9.17, 15) is 9.18 Å². The molecule has 1 aromatic heterocycles. The Bertz CT molecular complexity index is 566. The monoisotopic (exact) mass is 235 g/mol. The summed E-state index contributed by atoms with van der Waals surface area (Å²) in [6.45, 7) is 1.02. The number of carboxylic acid groups (broad SMARTS) is 1. The van der Waals surface area contributed by atoms with Gasteiger partial charge >= 0.3 is 5.97 Å². The number of carbonyl (C=O) groups is 1. The Balaban J connectivity index is 2.54. The molecule has 2 rings (SSSR count). The van der Waals surface area contributed by atoms with Gasteiger partial charge in [0, 0.05) is 0 Å². The molecule has 0 unspecified atom stereocenters. The molecule has 1 aromatic carbocycles. The molecule has 6 heteroatoms. The smallest absolute Gasteiger partial charge is 0.337 e. The van der Waals surface area contributed by atoms with E-state index in [2.05, 4.69) is 10.1 Å². The molecule has 5 nitrogen and oxygen atoms in total. The second kappa shape index (κ2) is 4.32. The van der Waals surface area contributed by atoms with Crippen molar-refractivity contribution in [2.45, 2.75) is 13.6 Å². The van der Waals surface area contributed by atoms with Gasteiger partial charge in [0.15, 0.2) is 12.5 Å². The molecule has 0 aliphatic heterocycles. The van der Waals surface area contributed by atoms with Crippen molar-refractivity contribution >= 4 is 5.97 Å². The van der Waals surface area contributed by atoms with Gasteiger partial charge in [-0.3, -0.25) is 0 Å². The molecule has 1 N–H and O–H groups in total. The summed E-state index contributed by atoms with van der Waals surface area (Å²) in [6, 6.07) is 4.92. The van der Waals surface area contributed by atoms with Crippen molar-refractivity contribution in [3.8, 4) is 5.69 Å². The molecule has 0 bridgehead atoms. The van der Waals surface area contributed by atoms with Crippen LogP contribution in [0, 0.1) is 6.92 Å². The summed E-state index contributed by atoms with van der Waals surface area (Å²) in [6.07, 6.45) is 1.30. The Hall–Kier alpha value is -2.24. The first-order chi connectivity index (χ1) is 8.11. The van der Waals surface area contributed by atoms with Gasteiger partial charge in [0.2, 0.25) is 0 Å². The van der Waals surface area contributed by atoms with Gasteiger partial charge in [-0.1, -0.05) is 11.6 Å². The SMILES string of the molecule is Cc1ccc(-n2cnc(CF)n2)c(C(=O)O)c1. The van der Waals surface area contributed by atoms with E-state index in [1.54, 1.807) is 19.1 Å². The lowest BCUT2D eigenvalue weighted by Crippen LogP contribution is -2.06. The Kier molecular flexibility index (Phi) is 2.86. The lowest BCUT2D eigenvalue weighted by molar-refractivity contribution is 0.0696. The molecule has 1 heterocycles. The first-order valence-electron chi connectivity index (χ1n) is 4.92. The molecule has 0 aliphatic rings. The first kappa shape index (κ1) is 11.3. The average Bonchev–Trinajstić information content (AvgIpc) is 2.77. The van der Waals surface area contributed by atoms with E-state index in [1.807, 2.05) is 0 Å². The standard InChI is InChI=1S/C11H10FN3O2/c1-7-2-3-9(8(4-7)11(16)17)15-6-13-10(5-12)14-15/h2-4,6H,5H2,1H3,(H,16,17). The van der Waals surface area contributed by atoms with Crippen molar-refractivity contribution in [1.29, 1.82) is 0 Å².